The van der Waals surface area contributed by atoms with Crippen LogP contribution in [-0.4, -0.2) is 9.97 Å². The summed E-state index contributed by atoms with van der Waals surface area (Å²) in [6.45, 7) is 3.25. The predicted octanol–water partition coefficient (Wildman–Crippen LogP) is 2.47. The lowest BCUT2D eigenvalue weighted by molar-refractivity contribution is 0.448. The first-order valence-corrected chi connectivity index (χ1v) is 5.13. The molecule has 0 amide bonds. The second-order valence-corrected chi connectivity index (χ2v) is 3.85. The highest BCUT2D eigenvalue weighted by atomic mass is 19.2. The van der Waals surface area contributed by atoms with Crippen LogP contribution in [-0.2, 0) is 0 Å². The molecule has 0 saturated heterocycles. The molecule has 0 aliphatic rings. The monoisotopic (exact) mass is 254 g/mol. The summed E-state index contributed by atoms with van der Waals surface area (Å²) in [5, 5.41) is 0. The first-order chi connectivity index (χ1) is 8.41. The molecule has 2 rings (SSSR count). The third-order valence-corrected chi connectivity index (χ3v) is 2.63. The zero-order valence-electron chi connectivity index (χ0n) is 9.64. The van der Waals surface area contributed by atoms with E-state index in [4.69, 9.17) is 0 Å². The van der Waals surface area contributed by atoms with Crippen molar-refractivity contribution in [2.45, 2.75) is 13.8 Å². The smallest absolute Gasteiger partial charge is 0.274 e. The molecule has 1 aromatic heterocycles. The Hall–Kier alpha value is -2.11. The summed E-state index contributed by atoms with van der Waals surface area (Å²) in [5.74, 6) is -4.35. The van der Waals surface area contributed by atoms with Gasteiger partial charge >= 0.3 is 0 Å². The normalized spacial score (nSPS) is 10.7. The van der Waals surface area contributed by atoms with Crippen LogP contribution in [0.2, 0.25) is 0 Å². The third kappa shape index (κ3) is 1.90. The SMILES string of the molecule is Cc1nc(-c2ccc(F)c(F)c2F)c(=O)[nH]c1C. The summed E-state index contributed by atoms with van der Waals surface area (Å²) in [6, 6.07) is 1.74. The van der Waals surface area contributed by atoms with Crippen LogP contribution in [0.25, 0.3) is 11.3 Å². The van der Waals surface area contributed by atoms with Crippen LogP contribution >= 0.6 is 0 Å². The molecular weight excluding hydrogens is 245 g/mol. The lowest BCUT2D eigenvalue weighted by Gasteiger charge is -2.06. The fraction of sp³-hybridized carbons (Fsp3) is 0.167. The fourth-order valence-corrected chi connectivity index (χ4v) is 1.51. The number of aromatic amines is 1. The molecule has 0 atom stereocenters. The van der Waals surface area contributed by atoms with E-state index in [1.807, 2.05) is 0 Å². The van der Waals surface area contributed by atoms with Crippen molar-refractivity contribution in [3.05, 3.63) is 51.3 Å². The van der Waals surface area contributed by atoms with Gasteiger partial charge in [-0.05, 0) is 26.0 Å². The van der Waals surface area contributed by atoms with E-state index in [1.54, 1.807) is 13.8 Å². The summed E-state index contributed by atoms with van der Waals surface area (Å²) in [5.41, 5.74) is -0.267. The van der Waals surface area contributed by atoms with Gasteiger partial charge in [0.25, 0.3) is 5.56 Å². The maximum Gasteiger partial charge on any atom is 0.274 e. The first kappa shape index (κ1) is 12.3. The van der Waals surface area contributed by atoms with Gasteiger partial charge in [0.1, 0.15) is 5.69 Å². The van der Waals surface area contributed by atoms with E-state index in [0.717, 1.165) is 12.1 Å². The quantitative estimate of drug-likeness (QED) is 0.794. The van der Waals surface area contributed by atoms with E-state index >= 15 is 0 Å². The van der Waals surface area contributed by atoms with Gasteiger partial charge in [0.05, 0.1) is 5.69 Å². The molecule has 94 valence electrons. The van der Waals surface area contributed by atoms with Crippen molar-refractivity contribution in [3.8, 4) is 11.3 Å². The number of hydrogen-bond acceptors (Lipinski definition) is 2. The van der Waals surface area contributed by atoms with E-state index in [2.05, 4.69) is 9.97 Å². The summed E-state index contributed by atoms with van der Waals surface area (Å²) in [6.07, 6.45) is 0. The molecule has 3 nitrogen and oxygen atoms in total. The minimum atomic E-state index is -1.62. The second kappa shape index (κ2) is 4.29. The number of halogens is 3. The highest BCUT2D eigenvalue weighted by Crippen LogP contribution is 2.22. The molecule has 0 radical (unpaired) electrons. The second-order valence-electron chi connectivity index (χ2n) is 3.85. The number of nitrogens with one attached hydrogen (secondary N) is 1. The van der Waals surface area contributed by atoms with Crippen molar-refractivity contribution in [1.82, 2.24) is 9.97 Å². The lowest BCUT2D eigenvalue weighted by Crippen LogP contribution is -2.15. The van der Waals surface area contributed by atoms with Crippen molar-refractivity contribution in [3.63, 3.8) is 0 Å². The molecule has 0 saturated carbocycles. The average Bonchev–Trinajstić information content (AvgIpc) is 2.32. The van der Waals surface area contributed by atoms with Crippen LogP contribution in [0.3, 0.4) is 0 Å². The number of benzene rings is 1. The number of aromatic nitrogens is 2. The number of H-pyrrole nitrogens is 1. The van der Waals surface area contributed by atoms with E-state index in [-0.39, 0.29) is 11.3 Å². The Morgan fingerprint density at radius 2 is 1.78 bits per heavy atom. The van der Waals surface area contributed by atoms with Gasteiger partial charge in [-0.15, -0.1) is 0 Å². The van der Waals surface area contributed by atoms with Gasteiger partial charge in [0.2, 0.25) is 0 Å². The molecule has 0 unspecified atom stereocenters. The Kier molecular flexibility index (Phi) is 2.94. The number of aryl methyl sites for hydroxylation is 2. The Morgan fingerprint density at radius 3 is 2.44 bits per heavy atom. The van der Waals surface area contributed by atoms with Crippen LogP contribution in [0.1, 0.15) is 11.4 Å². The van der Waals surface area contributed by atoms with Crippen molar-refractivity contribution in [2.24, 2.45) is 0 Å². The Balaban J connectivity index is 2.74. The molecule has 1 aromatic carbocycles. The molecule has 0 bridgehead atoms. The Bertz CT molecular complexity index is 680. The van der Waals surface area contributed by atoms with Crippen LogP contribution < -0.4 is 5.56 Å². The largest absolute Gasteiger partial charge is 0.323 e. The van der Waals surface area contributed by atoms with Crippen molar-refractivity contribution in [2.75, 3.05) is 0 Å². The molecule has 6 heteroatoms. The maximum absolute atomic E-state index is 13.6. The molecule has 2 aromatic rings. The first-order valence-electron chi connectivity index (χ1n) is 5.13. The molecule has 1 heterocycles. The Morgan fingerprint density at radius 1 is 1.11 bits per heavy atom. The van der Waals surface area contributed by atoms with Gasteiger partial charge in [0, 0.05) is 11.3 Å². The topological polar surface area (TPSA) is 45.8 Å². The predicted molar refractivity (Wildman–Crippen MR) is 59.6 cm³/mol. The molecule has 18 heavy (non-hydrogen) atoms. The van der Waals surface area contributed by atoms with Gasteiger partial charge in [0.15, 0.2) is 17.5 Å². The van der Waals surface area contributed by atoms with E-state index < -0.39 is 23.0 Å². The van der Waals surface area contributed by atoms with E-state index in [1.165, 1.54) is 0 Å². The van der Waals surface area contributed by atoms with Gasteiger partial charge < -0.3 is 4.98 Å². The van der Waals surface area contributed by atoms with E-state index in [0.29, 0.717) is 11.4 Å². The fourth-order valence-electron chi connectivity index (χ4n) is 1.51. The zero-order chi connectivity index (χ0) is 13.4. The van der Waals surface area contributed by atoms with E-state index in [9.17, 15) is 18.0 Å². The summed E-state index contributed by atoms with van der Waals surface area (Å²) in [7, 11) is 0. The summed E-state index contributed by atoms with van der Waals surface area (Å²) in [4.78, 5) is 18.0. The Labute approximate surface area is 100 Å². The third-order valence-electron chi connectivity index (χ3n) is 2.63. The lowest BCUT2D eigenvalue weighted by atomic mass is 10.1. The molecule has 0 aliphatic heterocycles. The molecular formula is C12H9F3N2O. The summed E-state index contributed by atoms with van der Waals surface area (Å²) < 4.78 is 39.4. The van der Waals surface area contributed by atoms with Gasteiger partial charge in [-0.1, -0.05) is 0 Å². The zero-order valence-corrected chi connectivity index (χ0v) is 9.64. The highest BCUT2D eigenvalue weighted by molar-refractivity contribution is 5.59. The maximum atomic E-state index is 13.6. The minimum Gasteiger partial charge on any atom is -0.323 e. The van der Waals surface area contributed by atoms with Gasteiger partial charge in [-0.3, -0.25) is 4.79 Å². The number of nitrogens with zero attached hydrogens (tertiary/aromatic N) is 1. The molecule has 0 spiro atoms. The number of rotatable bonds is 1. The van der Waals surface area contributed by atoms with Gasteiger partial charge in [-0.2, -0.15) is 0 Å². The average molecular weight is 254 g/mol. The standard InChI is InChI=1S/C12H9F3N2O/c1-5-6(2)17-12(18)11(16-5)7-3-4-8(13)10(15)9(7)14/h3-4H,1-2H3,(H,17,18). The molecule has 0 aliphatic carbocycles. The highest BCUT2D eigenvalue weighted by Gasteiger charge is 2.18. The van der Waals surface area contributed by atoms with Crippen LogP contribution in [0.5, 0.6) is 0 Å². The van der Waals surface area contributed by atoms with Crippen molar-refractivity contribution in [1.29, 1.82) is 0 Å². The van der Waals surface area contributed by atoms with Crippen LogP contribution in [0.4, 0.5) is 13.2 Å². The van der Waals surface area contributed by atoms with Crippen molar-refractivity contribution >= 4 is 0 Å². The molecule has 1 N–H and O–H groups in total. The summed E-state index contributed by atoms with van der Waals surface area (Å²) >= 11 is 0. The van der Waals surface area contributed by atoms with Crippen LogP contribution in [0, 0.1) is 31.3 Å². The number of hydrogen-bond donors (Lipinski definition) is 1. The molecule has 0 fully saturated rings. The van der Waals surface area contributed by atoms with Crippen molar-refractivity contribution < 1.29 is 13.2 Å². The van der Waals surface area contributed by atoms with Crippen LogP contribution in [0.15, 0.2) is 16.9 Å². The van der Waals surface area contributed by atoms with Gasteiger partial charge in [-0.25, -0.2) is 18.2 Å². The minimum absolute atomic E-state index is 0.269.